The summed E-state index contributed by atoms with van der Waals surface area (Å²) >= 11 is 13.3. The van der Waals surface area contributed by atoms with Gasteiger partial charge in [-0.3, -0.25) is 4.79 Å². The predicted octanol–water partition coefficient (Wildman–Crippen LogP) is 4.91. The van der Waals surface area contributed by atoms with Crippen molar-refractivity contribution in [2.45, 2.75) is 4.90 Å². The van der Waals surface area contributed by atoms with Crippen molar-refractivity contribution in [2.24, 2.45) is 0 Å². The minimum Gasteiger partial charge on any atom is -0.452 e. The van der Waals surface area contributed by atoms with E-state index in [4.69, 9.17) is 27.9 Å². The average Bonchev–Trinajstić information content (AvgIpc) is 2.59. The Morgan fingerprint density at radius 2 is 1.96 bits per heavy atom. The van der Waals surface area contributed by atoms with Gasteiger partial charge in [0.1, 0.15) is 0 Å². The summed E-state index contributed by atoms with van der Waals surface area (Å²) in [7, 11) is 0. The molecule has 7 heteroatoms. The molecule has 0 saturated carbocycles. The minimum absolute atomic E-state index is 0.375. The smallest absolute Gasteiger partial charge is 0.331 e. The SMILES string of the molecule is CSc1ccccc1NC(=O)COC(=O)/C=C/c1ccc(Cl)cc1Cl. The summed E-state index contributed by atoms with van der Waals surface area (Å²) in [6, 6.07) is 12.3. The van der Waals surface area contributed by atoms with Gasteiger partial charge in [0, 0.05) is 21.0 Å². The highest BCUT2D eigenvalue weighted by Crippen LogP contribution is 2.24. The molecule has 4 nitrogen and oxygen atoms in total. The van der Waals surface area contributed by atoms with Crippen LogP contribution < -0.4 is 5.32 Å². The Bertz CT molecular complexity index is 809. The summed E-state index contributed by atoms with van der Waals surface area (Å²) < 4.78 is 4.92. The molecule has 0 unspecified atom stereocenters. The maximum atomic E-state index is 11.9. The van der Waals surface area contributed by atoms with Gasteiger partial charge >= 0.3 is 5.97 Å². The molecule has 0 atom stereocenters. The quantitative estimate of drug-likeness (QED) is 0.428. The fraction of sp³-hybridized carbons (Fsp3) is 0.111. The molecule has 0 heterocycles. The first-order chi connectivity index (χ1) is 12.0. The topological polar surface area (TPSA) is 55.4 Å². The van der Waals surface area contributed by atoms with E-state index in [1.807, 2.05) is 24.5 Å². The van der Waals surface area contributed by atoms with Gasteiger partial charge in [-0.2, -0.15) is 0 Å². The molecular weight excluding hydrogens is 381 g/mol. The summed E-state index contributed by atoms with van der Waals surface area (Å²) in [6.07, 6.45) is 4.62. The van der Waals surface area contributed by atoms with Crippen LogP contribution in [0.1, 0.15) is 5.56 Å². The van der Waals surface area contributed by atoms with Crippen molar-refractivity contribution >= 4 is 58.6 Å². The number of hydrogen-bond donors (Lipinski definition) is 1. The molecular formula is C18H15Cl2NO3S. The van der Waals surface area contributed by atoms with E-state index in [0.29, 0.717) is 21.3 Å². The molecule has 25 heavy (non-hydrogen) atoms. The summed E-state index contributed by atoms with van der Waals surface area (Å²) in [6.45, 7) is -0.375. The maximum absolute atomic E-state index is 11.9. The Balaban J connectivity index is 1.87. The number of carbonyl (C=O) groups is 2. The number of ether oxygens (including phenoxy) is 1. The average molecular weight is 396 g/mol. The third-order valence-corrected chi connectivity index (χ3v) is 4.45. The van der Waals surface area contributed by atoms with Crippen LogP contribution in [0, 0.1) is 0 Å². The number of para-hydroxylation sites is 1. The number of benzene rings is 2. The lowest BCUT2D eigenvalue weighted by molar-refractivity contribution is -0.142. The van der Waals surface area contributed by atoms with E-state index in [1.165, 1.54) is 23.9 Å². The standard InChI is InChI=1S/C18H15Cl2NO3S/c1-25-16-5-3-2-4-15(16)21-17(22)11-24-18(23)9-7-12-6-8-13(19)10-14(12)20/h2-10H,11H2,1H3,(H,21,22)/b9-7+. The molecule has 1 N–H and O–H groups in total. The molecule has 2 aromatic rings. The van der Waals surface area contributed by atoms with Gasteiger partial charge in [0.25, 0.3) is 5.91 Å². The van der Waals surface area contributed by atoms with Crippen LogP contribution in [0.15, 0.2) is 53.4 Å². The lowest BCUT2D eigenvalue weighted by atomic mass is 10.2. The zero-order valence-electron chi connectivity index (χ0n) is 13.3. The van der Waals surface area contributed by atoms with Crippen LogP contribution in [-0.4, -0.2) is 24.7 Å². The largest absolute Gasteiger partial charge is 0.452 e. The molecule has 0 fully saturated rings. The van der Waals surface area contributed by atoms with Crippen LogP contribution in [-0.2, 0) is 14.3 Å². The van der Waals surface area contributed by atoms with Crippen molar-refractivity contribution in [1.82, 2.24) is 0 Å². The fourth-order valence-corrected chi connectivity index (χ4v) is 2.94. The molecule has 0 aliphatic rings. The Morgan fingerprint density at radius 3 is 2.68 bits per heavy atom. The van der Waals surface area contributed by atoms with Crippen LogP contribution in [0.4, 0.5) is 5.69 Å². The minimum atomic E-state index is -0.640. The first-order valence-electron chi connectivity index (χ1n) is 7.22. The van der Waals surface area contributed by atoms with Gasteiger partial charge in [-0.25, -0.2) is 4.79 Å². The highest BCUT2D eigenvalue weighted by molar-refractivity contribution is 7.98. The van der Waals surface area contributed by atoms with Gasteiger partial charge in [-0.15, -0.1) is 11.8 Å². The highest BCUT2D eigenvalue weighted by Gasteiger charge is 2.08. The van der Waals surface area contributed by atoms with E-state index >= 15 is 0 Å². The zero-order valence-corrected chi connectivity index (χ0v) is 15.6. The molecule has 0 aliphatic heterocycles. The normalized spacial score (nSPS) is 10.7. The summed E-state index contributed by atoms with van der Waals surface area (Å²) in [5, 5.41) is 3.63. The predicted molar refractivity (Wildman–Crippen MR) is 103 cm³/mol. The van der Waals surface area contributed by atoms with Crippen molar-refractivity contribution in [1.29, 1.82) is 0 Å². The molecule has 2 aromatic carbocycles. The van der Waals surface area contributed by atoms with Crippen LogP contribution in [0.25, 0.3) is 6.08 Å². The second kappa shape index (κ2) is 9.51. The van der Waals surface area contributed by atoms with E-state index in [2.05, 4.69) is 5.32 Å². The molecule has 0 aliphatic carbocycles. The summed E-state index contributed by atoms with van der Waals surface area (Å²) in [5.41, 5.74) is 1.31. The Morgan fingerprint density at radius 1 is 1.20 bits per heavy atom. The van der Waals surface area contributed by atoms with Gasteiger partial charge in [0.15, 0.2) is 6.61 Å². The van der Waals surface area contributed by atoms with E-state index in [9.17, 15) is 9.59 Å². The molecule has 130 valence electrons. The number of amides is 1. The van der Waals surface area contributed by atoms with Gasteiger partial charge in [0.05, 0.1) is 5.69 Å². The number of rotatable bonds is 6. The molecule has 0 bridgehead atoms. The number of nitrogens with one attached hydrogen (secondary N) is 1. The third-order valence-electron chi connectivity index (χ3n) is 3.09. The first kappa shape index (κ1) is 19.4. The number of thioether (sulfide) groups is 1. The summed E-state index contributed by atoms with van der Waals surface area (Å²) in [4.78, 5) is 24.5. The van der Waals surface area contributed by atoms with Crippen molar-refractivity contribution < 1.29 is 14.3 Å². The lowest BCUT2D eigenvalue weighted by Gasteiger charge is -2.09. The van der Waals surface area contributed by atoms with E-state index in [1.54, 1.807) is 24.3 Å². The van der Waals surface area contributed by atoms with Crippen LogP contribution >= 0.6 is 35.0 Å². The first-order valence-corrected chi connectivity index (χ1v) is 9.20. The third kappa shape index (κ3) is 6.12. The van der Waals surface area contributed by atoms with Crippen molar-refractivity contribution in [3.05, 3.63) is 64.1 Å². The molecule has 0 saturated heterocycles. The van der Waals surface area contributed by atoms with Crippen molar-refractivity contribution in [3.63, 3.8) is 0 Å². The van der Waals surface area contributed by atoms with Gasteiger partial charge < -0.3 is 10.1 Å². The molecule has 0 aromatic heterocycles. The van der Waals surface area contributed by atoms with Crippen LogP contribution in [0.5, 0.6) is 0 Å². The van der Waals surface area contributed by atoms with Crippen LogP contribution in [0.3, 0.4) is 0 Å². The Hall–Kier alpha value is -1.95. The zero-order chi connectivity index (χ0) is 18.2. The van der Waals surface area contributed by atoms with Crippen LogP contribution in [0.2, 0.25) is 10.0 Å². The van der Waals surface area contributed by atoms with Crippen molar-refractivity contribution in [3.8, 4) is 0 Å². The van der Waals surface area contributed by atoms with E-state index < -0.39 is 11.9 Å². The second-order valence-electron chi connectivity index (χ2n) is 4.86. The molecule has 2 rings (SSSR count). The number of esters is 1. The lowest BCUT2D eigenvalue weighted by Crippen LogP contribution is -2.20. The number of hydrogen-bond acceptors (Lipinski definition) is 4. The molecule has 0 radical (unpaired) electrons. The number of carbonyl (C=O) groups excluding carboxylic acids is 2. The fourth-order valence-electron chi connectivity index (χ4n) is 1.91. The van der Waals surface area contributed by atoms with Crippen molar-refractivity contribution in [2.75, 3.05) is 18.2 Å². The van der Waals surface area contributed by atoms with Gasteiger partial charge in [0.2, 0.25) is 0 Å². The Labute approximate surface area is 160 Å². The Kier molecular flexibility index (Phi) is 7.37. The monoisotopic (exact) mass is 395 g/mol. The molecule has 1 amide bonds. The van der Waals surface area contributed by atoms with Gasteiger partial charge in [-0.1, -0.05) is 41.4 Å². The highest BCUT2D eigenvalue weighted by atomic mass is 35.5. The molecule has 0 spiro atoms. The maximum Gasteiger partial charge on any atom is 0.331 e. The summed E-state index contributed by atoms with van der Waals surface area (Å²) in [5.74, 6) is -1.05. The van der Waals surface area contributed by atoms with E-state index in [-0.39, 0.29) is 6.61 Å². The number of halogens is 2. The van der Waals surface area contributed by atoms with E-state index in [0.717, 1.165) is 4.90 Å². The van der Waals surface area contributed by atoms with Gasteiger partial charge in [-0.05, 0) is 42.2 Å². The number of anilines is 1. The second-order valence-corrected chi connectivity index (χ2v) is 6.55.